The van der Waals surface area contributed by atoms with E-state index in [0.717, 1.165) is 19.0 Å². The Kier molecular flexibility index (Phi) is 3.74. The Morgan fingerprint density at radius 2 is 2.20 bits per heavy atom. The van der Waals surface area contributed by atoms with Crippen molar-refractivity contribution in [3.05, 3.63) is 12.4 Å². The molecule has 1 heterocycles. The second-order valence-electron chi connectivity index (χ2n) is 4.72. The predicted octanol–water partition coefficient (Wildman–Crippen LogP) is 1.23. The SMILES string of the molecule is CCN(CC(C)(C)CN)c1nccn1C. The van der Waals surface area contributed by atoms with Crippen LogP contribution in [0.5, 0.6) is 0 Å². The molecule has 4 nitrogen and oxygen atoms in total. The zero-order chi connectivity index (χ0) is 11.5. The van der Waals surface area contributed by atoms with Gasteiger partial charge in [0.15, 0.2) is 0 Å². The van der Waals surface area contributed by atoms with Crippen LogP contribution in [0.4, 0.5) is 5.95 Å². The van der Waals surface area contributed by atoms with Gasteiger partial charge in [0.05, 0.1) is 0 Å². The van der Waals surface area contributed by atoms with Crippen LogP contribution in [0.1, 0.15) is 20.8 Å². The Labute approximate surface area is 92.1 Å². The third-order valence-electron chi connectivity index (χ3n) is 2.63. The topological polar surface area (TPSA) is 47.1 Å². The van der Waals surface area contributed by atoms with Crippen molar-refractivity contribution in [1.29, 1.82) is 0 Å². The van der Waals surface area contributed by atoms with Gasteiger partial charge >= 0.3 is 0 Å². The van der Waals surface area contributed by atoms with Gasteiger partial charge in [-0.15, -0.1) is 0 Å². The Hall–Kier alpha value is -1.03. The molecule has 0 saturated carbocycles. The standard InChI is InChI=1S/C11H22N4/c1-5-15(9-11(2,3)8-12)10-13-6-7-14(10)4/h6-7H,5,8-9,12H2,1-4H3. The lowest BCUT2D eigenvalue weighted by atomic mass is 9.93. The quantitative estimate of drug-likeness (QED) is 0.795. The van der Waals surface area contributed by atoms with E-state index in [2.05, 4.69) is 30.7 Å². The van der Waals surface area contributed by atoms with Crippen molar-refractivity contribution in [2.24, 2.45) is 18.2 Å². The van der Waals surface area contributed by atoms with Crippen LogP contribution in [0.15, 0.2) is 12.4 Å². The first kappa shape index (κ1) is 12.0. The number of hydrogen-bond acceptors (Lipinski definition) is 3. The minimum absolute atomic E-state index is 0.127. The summed E-state index contributed by atoms with van der Waals surface area (Å²) in [4.78, 5) is 6.61. The van der Waals surface area contributed by atoms with E-state index in [1.54, 1.807) is 0 Å². The van der Waals surface area contributed by atoms with Crippen molar-refractivity contribution >= 4 is 5.95 Å². The van der Waals surface area contributed by atoms with Crippen LogP contribution < -0.4 is 10.6 Å². The first-order chi connectivity index (χ1) is 7.00. The number of imidazole rings is 1. The summed E-state index contributed by atoms with van der Waals surface area (Å²) in [6, 6.07) is 0. The zero-order valence-corrected chi connectivity index (χ0v) is 10.2. The van der Waals surface area contributed by atoms with Crippen LogP contribution >= 0.6 is 0 Å². The molecule has 0 aliphatic heterocycles. The third kappa shape index (κ3) is 2.96. The van der Waals surface area contributed by atoms with E-state index in [9.17, 15) is 0 Å². The molecule has 0 aliphatic carbocycles. The Balaban J connectivity index is 2.77. The molecule has 2 N–H and O–H groups in total. The maximum atomic E-state index is 5.75. The fourth-order valence-corrected chi connectivity index (χ4v) is 1.57. The summed E-state index contributed by atoms with van der Waals surface area (Å²) in [7, 11) is 2.01. The fourth-order valence-electron chi connectivity index (χ4n) is 1.57. The Bertz CT molecular complexity index is 303. The van der Waals surface area contributed by atoms with E-state index < -0.39 is 0 Å². The molecule has 0 saturated heterocycles. The first-order valence-electron chi connectivity index (χ1n) is 5.42. The van der Waals surface area contributed by atoms with E-state index in [-0.39, 0.29) is 5.41 Å². The monoisotopic (exact) mass is 210 g/mol. The highest BCUT2D eigenvalue weighted by Gasteiger charge is 2.21. The summed E-state index contributed by atoms with van der Waals surface area (Å²) in [5.74, 6) is 1.01. The van der Waals surface area contributed by atoms with Gasteiger partial charge in [0.1, 0.15) is 0 Å². The van der Waals surface area contributed by atoms with Gasteiger partial charge in [-0.05, 0) is 18.9 Å². The van der Waals surface area contributed by atoms with Crippen molar-refractivity contribution in [3.63, 3.8) is 0 Å². The Morgan fingerprint density at radius 1 is 1.53 bits per heavy atom. The van der Waals surface area contributed by atoms with Gasteiger partial charge in [-0.25, -0.2) is 4.98 Å². The van der Waals surface area contributed by atoms with Crippen LogP contribution in [-0.4, -0.2) is 29.2 Å². The molecule has 86 valence electrons. The number of nitrogens with zero attached hydrogens (tertiary/aromatic N) is 3. The summed E-state index contributed by atoms with van der Waals surface area (Å²) in [5.41, 5.74) is 5.87. The molecule has 1 rings (SSSR count). The van der Waals surface area contributed by atoms with Gasteiger partial charge in [0.25, 0.3) is 0 Å². The molecular formula is C11H22N4. The molecule has 0 fully saturated rings. The van der Waals surface area contributed by atoms with Gasteiger partial charge in [0.2, 0.25) is 5.95 Å². The summed E-state index contributed by atoms with van der Waals surface area (Å²) in [5, 5.41) is 0. The molecule has 0 bridgehead atoms. The minimum Gasteiger partial charge on any atom is -0.342 e. The lowest BCUT2D eigenvalue weighted by Gasteiger charge is -2.31. The molecule has 0 spiro atoms. The second kappa shape index (κ2) is 4.66. The van der Waals surface area contributed by atoms with Gasteiger partial charge in [0, 0.05) is 32.5 Å². The average molecular weight is 210 g/mol. The van der Waals surface area contributed by atoms with Crippen LogP contribution in [0.3, 0.4) is 0 Å². The Morgan fingerprint density at radius 3 is 2.60 bits per heavy atom. The van der Waals surface area contributed by atoms with Crippen molar-refractivity contribution in [2.45, 2.75) is 20.8 Å². The number of aryl methyl sites for hydroxylation is 1. The first-order valence-corrected chi connectivity index (χ1v) is 5.42. The molecule has 1 aromatic rings. The molecule has 0 atom stereocenters. The van der Waals surface area contributed by atoms with Gasteiger partial charge < -0.3 is 15.2 Å². The largest absolute Gasteiger partial charge is 0.342 e. The van der Waals surface area contributed by atoms with Crippen LogP contribution in [-0.2, 0) is 7.05 Å². The van der Waals surface area contributed by atoms with E-state index in [0.29, 0.717) is 6.54 Å². The highest BCUT2D eigenvalue weighted by Crippen LogP contribution is 2.19. The van der Waals surface area contributed by atoms with Crippen molar-refractivity contribution in [3.8, 4) is 0 Å². The molecule has 0 amide bonds. The third-order valence-corrected chi connectivity index (χ3v) is 2.63. The molecule has 0 unspecified atom stereocenters. The molecule has 15 heavy (non-hydrogen) atoms. The zero-order valence-electron chi connectivity index (χ0n) is 10.2. The number of anilines is 1. The van der Waals surface area contributed by atoms with Crippen LogP contribution in [0.2, 0.25) is 0 Å². The summed E-state index contributed by atoms with van der Waals surface area (Å²) >= 11 is 0. The number of nitrogens with two attached hydrogens (primary N) is 1. The lowest BCUT2D eigenvalue weighted by molar-refractivity contribution is 0.376. The van der Waals surface area contributed by atoms with E-state index in [1.165, 1.54) is 0 Å². The molecule has 0 aliphatic rings. The van der Waals surface area contributed by atoms with Crippen LogP contribution in [0, 0.1) is 5.41 Å². The van der Waals surface area contributed by atoms with Gasteiger partial charge in [-0.1, -0.05) is 13.8 Å². The average Bonchev–Trinajstić information content (AvgIpc) is 2.61. The van der Waals surface area contributed by atoms with E-state index >= 15 is 0 Å². The molecular weight excluding hydrogens is 188 g/mol. The van der Waals surface area contributed by atoms with E-state index in [1.807, 2.05) is 24.0 Å². The number of aromatic nitrogens is 2. The van der Waals surface area contributed by atoms with Crippen molar-refractivity contribution in [1.82, 2.24) is 9.55 Å². The van der Waals surface area contributed by atoms with E-state index in [4.69, 9.17) is 5.73 Å². The maximum absolute atomic E-state index is 5.75. The molecule has 0 radical (unpaired) electrons. The maximum Gasteiger partial charge on any atom is 0.205 e. The highest BCUT2D eigenvalue weighted by atomic mass is 15.3. The summed E-state index contributed by atoms with van der Waals surface area (Å²) in [6.45, 7) is 9.07. The summed E-state index contributed by atoms with van der Waals surface area (Å²) in [6.07, 6.45) is 3.79. The number of rotatable bonds is 5. The summed E-state index contributed by atoms with van der Waals surface area (Å²) < 4.78 is 2.04. The van der Waals surface area contributed by atoms with Crippen molar-refractivity contribution < 1.29 is 0 Å². The lowest BCUT2D eigenvalue weighted by Crippen LogP contribution is -2.39. The molecule has 4 heteroatoms. The highest BCUT2D eigenvalue weighted by molar-refractivity contribution is 5.31. The van der Waals surface area contributed by atoms with Crippen molar-refractivity contribution in [2.75, 3.05) is 24.5 Å². The molecule has 0 aromatic carbocycles. The number of hydrogen-bond donors (Lipinski definition) is 1. The normalized spacial score (nSPS) is 11.8. The van der Waals surface area contributed by atoms with Crippen LogP contribution in [0.25, 0.3) is 0 Å². The minimum atomic E-state index is 0.127. The fraction of sp³-hybridized carbons (Fsp3) is 0.727. The molecule has 1 aromatic heterocycles. The predicted molar refractivity (Wildman–Crippen MR) is 63.9 cm³/mol. The van der Waals surface area contributed by atoms with Gasteiger partial charge in [-0.2, -0.15) is 0 Å². The second-order valence-corrected chi connectivity index (χ2v) is 4.72. The van der Waals surface area contributed by atoms with Gasteiger partial charge in [-0.3, -0.25) is 0 Å². The smallest absolute Gasteiger partial charge is 0.205 e.